The Balaban J connectivity index is 1.99. The number of aromatic nitrogens is 1. The third kappa shape index (κ3) is 5.29. The number of hydrogen-bond acceptors (Lipinski definition) is 5. The molecule has 1 heterocycles. The average Bonchev–Trinajstić information content (AvgIpc) is 2.73. The highest BCUT2D eigenvalue weighted by Crippen LogP contribution is 2.27. The summed E-state index contributed by atoms with van der Waals surface area (Å²) in [6, 6.07) is 14.6. The second-order valence-electron chi connectivity index (χ2n) is 8.63. The molecule has 0 aliphatic rings. The van der Waals surface area contributed by atoms with Crippen LogP contribution in [-0.2, 0) is 21.9 Å². The molecule has 0 bridgehead atoms. The van der Waals surface area contributed by atoms with E-state index < -0.39 is 10.0 Å². The number of hydrogen-bond donors (Lipinski definition) is 1. The number of nitrogens with zero attached hydrogens (tertiary/aromatic N) is 1. The Labute approximate surface area is 188 Å². The van der Waals surface area contributed by atoms with Gasteiger partial charge >= 0.3 is 0 Å². The van der Waals surface area contributed by atoms with E-state index in [4.69, 9.17) is 0 Å². The lowest BCUT2D eigenvalue weighted by Gasteiger charge is -2.19. The molecule has 0 saturated heterocycles. The van der Waals surface area contributed by atoms with E-state index in [0.717, 1.165) is 5.56 Å². The lowest BCUT2D eigenvalue weighted by molar-refractivity contribution is 0.0969. The lowest BCUT2D eigenvalue weighted by Crippen LogP contribution is -2.19. The van der Waals surface area contributed by atoms with E-state index in [1.807, 2.05) is 20.8 Å². The molecule has 0 saturated carbocycles. The summed E-state index contributed by atoms with van der Waals surface area (Å²) in [6.07, 6.45) is 3.16. The first-order chi connectivity index (χ1) is 15.0. The first-order valence-electron chi connectivity index (χ1n) is 10.2. The fourth-order valence-electron chi connectivity index (χ4n) is 3.35. The Morgan fingerprint density at radius 3 is 2.22 bits per heavy atom. The molecule has 7 heteroatoms. The zero-order chi connectivity index (χ0) is 23.5. The van der Waals surface area contributed by atoms with Gasteiger partial charge in [0.15, 0.2) is 11.6 Å². The molecule has 0 atom stereocenters. The third-order valence-corrected chi connectivity index (χ3v) is 6.47. The molecule has 0 spiro atoms. The number of pyridine rings is 1. The van der Waals surface area contributed by atoms with Gasteiger partial charge in [0, 0.05) is 24.4 Å². The number of benzene rings is 2. The van der Waals surface area contributed by atoms with E-state index in [-0.39, 0.29) is 45.1 Å². The molecule has 3 aromatic rings. The minimum atomic E-state index is -3.97. The van der Waals surface area contributed by atoms with E-state index in [1.165, 1.54) is 31.2 Å². The Morgan fingerprint density at radius 2 is 1.66 bits per heavy atom. The van der Waals surface area contributed by atoms with Crippen LogP contribution in [0, 0.1) is 0 Å². The van der Waals surface area contributed by atoms with E-state index in [9.17, 15) is 18.0 Å². The maximum atomic E-state index is 13.1. The lowest BCUT2D eigenvalue weighted by atomic mass is 9.87. The van der Waals surface area contributed by atoms with Crippen molar-refractivity contribution in [2.24, 2.45) is 0 Å². The number of carbonyl (C=O) groups is 2. The van der Waals surface area contributed by atoms with E-state index in [0.29, 0.717) is 5.56 Å². The van der Waals surface area contributed by atoms with Crippen LogP contribution in [0.5, 0.6) is 0 Å². The van der Waals surface area contributed by atoms with Crippen LogP contribution < -0.4 is 4.72 Å². The predicted molar refractivity (Wildman–Crippen MR) is 125 cm³/mol. The molecule has 32 heavy (non-hydrogen) atoms. The van der Waals surface area contributed by atoms with Crippen molar-refractivity contribution in [3.63, 3.8) is 0 Å². The van der Waals surface area contributed by atoms with Gasteiger partial charge in [-0.1, -0.05) is 51.1 Å². The molecule has 1 aromatic heterocycles. The summed E-state index contributed by atoms with van der Waals surface area (Å²) in [4.78, 5) is 29.4. The highest BCUT2D eigenvalue weighted by molar-refractivity contribution is 7.92. The highest BCUT2D eigenvalue weighted by Gasteiger charge is 2.24. The van der Waals surface area contributed by atoms with Gasteiger partial charge in [-0.3, -0.25) is 19.3 Å². The maximum Gasteiger partial charge on any atom is 0.261 e. The SMILES string of the molecule is CC(=O)c1cccc(NS(=O)(=O)c2ccc(C(C)(C)C)cc2)c1C(=O)Cc1cccnc1. The topological polar surface area (TPSA) is 93.2 Å². The Morgan fingerprint density at radius 1 is 0.969 bits per heavy atom. The minimum Gasteiger partial charge on any atom is -0.294 e. The van der Waals surface area contributed by atoms with Crippen molar-refractivity contribution in [2.75, 3.05) is 4.72 Å². The summed E-state index contributed by atoms with van der Waals surface area (Å²) < 4.78 is 28.6. The van der Waals surface area contributed by atoms with E-state index in [2.05, 4.69) is 9.71 Å². The zero-order valence-corrected chi connectivity index (χ0v) is 19.4. The van der Waals surface area contributed by atoms with Crippen molar-refractivity contribution in [3.05, 3.63) is 89.2 Å². The van der Waals surface area contributed by atoms with Crippen molar-refractivity contribution in [1.29, 1.82) is 0 Å². The van der Waals surface area contributed by atoms with Gasteiger partial charge in [-0.15, -0.1) is 0 Å². The quantitative estimate of drug-likeness (QED) is 0.522. The molecular weight excluding hydrogens is 424 g/mol. The van der Waals surface area contributed by atoms with Gasteiger partial charge in [0.25, 0.3) is 10.0 Å². The Kier molecular flexibility index (Phi) is 6.60. The average molecular weight is 451 g/mol. The molecule has 2 aromatic carbocycles. The van der Waals surface area contributed by atoms with Gasteiger partial charge in [-0.2, -0.15) is 0 Å². The van der Waals surface area contributed by atoms with Crippen molar-refractivity contribution in [3.8, 4) is 0 Å². The first-order valence-corrected chi connectivity index (χ1v) is 11.7. The van der Waals surface area contributed by atoms with Gasteiger partial charge < -0.3 is 0 Å². The molecule has 0 unspecified atom stereocenters. The fraction of sp³-hybridized carbons (Fsp3) is 0.240. The zero-order valence-electron chi connectivity index (χ0n) is 18.5. The standard InChI is InChI=1S/C25H26N2O4S/c1-17(28)21-8-5-9-22(24(21)23(29)15-18-7-6-14-26-16-18)27-32(30,31)20-12-10-19(11-13-20)25(2,3)4/h5-14,16,27H,15H2,1-4H3. The summed E-state index contributed by atoms with van der Waals surface area (Å²) in [5.41, 5.74) is 1.86. The van der Waals surface area contributed by atoms with Crippen molar-refractivity contribution in [1.82, 2.24) is 4.98 Å². The largest absolute Gasteiger partial charge is 0.294 e. The van der Waals surface area contributed by atoms with Crippen LogP contribution in [0.15, 0.2) is 71.9 Å². The van der Waals surface area contributed by atoms with Gasteiger partial charge in [0.1, 0.15) is 0 Å². The number of Topliss-reactive ketones (excluding diaryl/α,β-unsaturated/α-hetero) is 2. The van der Waals surface area contributed by atoms with Crippen LogP contribution in [0.25, 0.3) is 0 Å². The molecule has 0 aliphatic carbocycles. The molecular formula is C25H26N2O4S. The van der Waals surface area contributed by atoms with Gasteiger partial charge in [0.2, 0.25) is 0 Å². The van der Waals surface area contributed by atoms with Crippen molar-refractivity contribution >= 4 is 27.3 Å². The number of anilines is 1. The van der Waals surface area contributed by atoms with Crippen LogP contribution in [0.4, 0.5) is 5.69 Å². The molecule has 0 amide bonds. The normalized spacial score (nSPS) is 11.8. The summed E-state index contributed by atoms with van der Waals surface area (Å²) in [5, 5.41) is 0. The summed E-state index contributed by atoms with van der Waals surface area (Å²) in [5.74, 6) is -0.695. The van der Waals surface area contributed by atoms with Crippen molar-refractivity contribution < 1.29 is 18.0 Å². The number of nitrogens with one attached hydrogen (secondary N) is 1. The smallest absolute Gasteiger partial charge is 0.261 e. The molecule has 0 radical (unpaired) electrons. The van der Waals surface area contributed by atoms with Gasteiger partial charge in [-0.25, -0.2) is 8.42 Å². The van der Waals surface area contributed by atoms with Crippen LogP contribution in [0.2, 0.25) is 0 Å². The van der Waals surface area contributed by atoms with E-state index in [1.54, 1.807) is 42.7 Å². The summed E-state index contributed by atoms with van der Waals surface area (Å²) in [7, 11) is -3.97. The molecule has 166 valence electrons. The minimum absolute atomic E-state index is 0.00680. The maximum absolute atomic E-state index is 13.1. The first kappa shape index (κ1) is 23.3. The Bertz CT molecular complexity index is 1240. The second kappa shape index (κ2) is 9.04. The Hall–Kier alpha value is -3.32. The van der Waals surface area contributed by atoms with E-state index >= 15 is 0 Å². The molecule has 0 aliphatic heterocycles. The number of carbonyl (C=O) groups excluding carboxylic acids is 2. The van der Waals surface area contributed by atoms with Crippen LogP contribution in [0.1, 0.15) is 59.5 Å². The number of sulfonamides is 1. The monoisotopic (exact) mass is 450 g/mol. The van der Waals surface area contributed by atoms with Crippen LogP contribution in [-0.4, -0.2) is 25.0 Å². The van der Waals surface area contributed by atoms with Crippen molar-refractivity contribution in [2.45, 2.75) is 44.4 Å². The fourth-order valence-corrected chi connectivity index (χ4v) is 4.42. The highest BCUT2D eigenvalue weighted by atomic mass is 32.2. The van der Waals surface area contributed by atoms with Gasteiger partial charge in [-0.05, 0) is 47.7 Å². The summed E-state index contributed by atoms with van der Waals surface area (Å²) in [6.45, 7) is 7.48. The molecule has 3 rings (SSSR count). The number of ketones is 2. The third-order valence-electron chi connectivity index (χ3n) is 5.09. The molecule has 1 N–H and O–H groups in total. The van der Waals surface area contributed by atoms with Crippen LogP contribution >= 0.6 is 0 Å². The summed E-state index contributed by atoms with van der Waals surface area (Å²) >= 11 is 0. The molecule has 6 nitrogen and oxygen atoms in total. The second-order valence-corrected chi connectivity index (χ2v) is 10.3. The molecule has 0 fully saturated rings. The number of rotatable bonds is 7. The van der Waals surface area contributed by atoms with Gasteiger partial charge in [0.05, 0.1) is 16.1 Å². The predicted octanol–water partition coefficient (Wildman–Crippen LogP) is 4.81. The van der Waals surface area contributed by atoms with Crippen LogP contribution in [0.3, 0.4) is 0 Å².